The number of carbonyl (C=O) groups is 1. The third-order valence-corrected chi connectivity index (χ3v) is 4.03. The summed E-state index contributed by atoms with van der Waals surface area (Å²) in [5.41, 5.74) is 2.36. The lowest BCUT2D eigenvalue weighted by atomic mass is 10.1. The number of aryl methyl sites for hydroxylation is 2. The summed E-state index contributed by atoms with van der Waals surface area (Å²) < 4.78 is 15.4. The molecule has 0 aliphatic rings. The highest BCUT2D eigenvalue weighted by atomic mass is 19.1. The standard InChI is InChI=1S/C20H20FN3O/c1-15-22-10-12-24(15)11-4-9-20(25)23-19-8-3-6-17(14-19)16-5-2-7-18(21)13-16/h2-3,5-8,10,12-14H,4,9,11H2,1H3,(H,23,25). The van der Waals surface area contributed by atoms with Gasteiger partial charge in [0.25, 0.3) is 0 Å². The average Bonchev–Trinajstić information content (AvgIpc) is 3.00. The monoisotopic (exact) mass is 337 g/mol. The van der Waals surface area contributed by atoms with Crippen LogP contribution in [0.1, 0.15) is 18.7 Å². The Hall–Kier alpha value is -2.95. The number of hydrogen-bond donors (Lipinski definition) is 1. The van der Waals surface area contributed by atoms with Crippen LogP contribution in [0.25, 0.3) is 11.1 Å². The number of nitrogens with one attached hydrogen (secondary N) is 1. The zero-order valence-corrected chi connectivity index (χ0v) is 14.1. The molecule has 0 radical (unpaired) electrons. The van der Waals surface area contributed by atoms with Gasteiger partial charge in [-0.2, -0.15) is 0 Å². The van der Waals surface area contributed by atoms with E-state index in [9.17, 15) is 9.18 Å². The quantitative estimate of drug-likeness (QED) is 0.724. The number of anilines is 1. The van der Waals surface area contributed by atoms with Gasteiger partial charge in [-0.15, -0.1) is 0 Å². The minimum absolute atomic E-state index is 0.0332. The number of aromatic nitrogens is 2. The maximum absolute atomic E-state index is 13.4. The number of amides is 1. The predicted octanol–water partition coefficient (Wildman–Crippen LogP) is 4.42. The molecule has 1 N–H and O–H groups in total. The molecule has 3 rings (SSSR count). The molecule has 5 heteroatoms. The van der Waals surface area contributed by atoms with E-state index in [4.69, 9.17) is 0 Å². The molecule has 1 amide bonds. The minimum Gasteiger partial charge on any atom is -0.335 e. The molecule has 0 saturated heterocycles. The van der Waals surface area contributed by atoms with Crippen molar-refractivity contribution < 1.29 is 9.18 Å². The summed E-state index contributed by atoms with van der Waals surface area (Å²) in [6.45, 7) is 2.71. The van der Waals surface area contributed by atoms with E-state index in [2.05, 4.69) is 10.3 Å². The van der Waals surface area contributed by atoms with E-state index in [1.807, 2.05) is 48.0 Å². The first kappa shape index (κ1) is 16.9. The molecule has 0 aliphatic carbocycles. The van der Waals surface area contributed by atoms with E-state index < -0.39 is 0 Å². The van der Waals surface area contributed by atoms with E-state index in [1.54, 1.807) is 12.3 Å². The number of rotatable bonds is 6. The average molecular weight is 337 g/mol. The van der Waals surface area contributed by atoms with Gasteiger partial charge >= 0.3 is 0 Å². The fourth-order valence-electron chi connectivity index (χ4n) is 2.72. The topological polar surface area (TPSA) is 46.9 Å². The molecular weight excluding hydrogens is 317 g/mol. The van der Waals surface area contributed by atoms with Gasteiger partial charge in [-0.1, -0.05) is 24.3 Å². The molecule has 1 heterocycles. The Morgan fingerprint density at radius 2 is 1.92 bits per heavy atom. The molecular formula is C20H20FN3O. The molecule has 128 valence electrons. The van der Waals surface area contributed by atoms with Gasteiger partial charge in [0.15, 0.2) is 0 Å². The first-order chi connectivity index (χ1) is 12.1. The van der Waals surface area contributed by atoms with E-state index in [-0.39, 0.29) is 11.7 Å². The Balaban J connectivity index is 1.58. The second kappa shape index (κ2) is 7.75. The van der Waals surface area contributed by atoms with Crippen molar-refractivity contribution in [3.8, 4) is 11.1 Å². The molecule has 0 bridgehead atoms. The summed E-state index contributed by atoms with van der Waals surface area (Å²) in [4.78, 5) is 16.3. The van der Waals surface area contributed by atoms with Gasteiger partial charge in [-0.05, 0) is 48.7 Å². The summed E-state index contributed by atoms with van der Waals surface area (Å²) in [6, 6.07) is 13.8. The van der Waals surface area contributed by atoms with Crippen LogP contribution in [0.5, 0.6) is 0 Å². The first-order valence-corrected chi connectivity index (χ1v) is 8.25. The number of halogens is 1. The zero-order valence-electron chi connectivity index (χ0n) is 14.1. The van der Waals surface area contributed by atoms with Crippen LogP contribution < -0.4 is 5.32 Å². The SMILES string of the molecule is Cc1nccn1CCCC(=O)Nc1cccc(-c2cccc(F)c2)c1. The van der Waals surface area contributed by atoms with Crippen molar-refractivity contribution in [2.45, 2.75) is 26.3 Å². The number of hydrogen-bond acceptors (Lipinski definition) is 2. The molecule has 0 unspecified atom stereocenters. The second-order valence-corrected chi connectivity index (χ2v) is 5.91. The Labute approximate surface area is 146 Å². The molecule has 25 heavy (non-hydrogen) atoms. The fourth-order valence-corrected chi connectivity index (χ4v) is 2.72. The smallest absolute Gasteiger partial charge is 0.224 e. The third-order valence-electron chi connectivity index (χ3n) is 4.03. The Morgan fingerprint density at radius 3 is 2.64 bits per heavy atom. The summed E-state index contributed by atoms with van der Waals surface area (Å²) >= 11 is 0. The van der Waals surface area contributed by atoms with E-state index in [1.165, 1.54) is 12.1 Å². The largest absolute Gasteiger partial charge is 0.335 e. The van der Waals surface area contributed by atoms with Crippen LogP contribution in [0.4, 0.5) is 10.1 Å². The molecule has 0 saturated carbocycles. The second-order valence-electron chi connectivity index (χ2n) is 5.91. The lowest BCUT2D eigenvalue weighted by Gasteiger charge is -2.09. The lowest BCUT2D eigenvalue weighted by molar-refractivity contribution is -0.116. The van der Waals surface area contributed by atoms with Crippen LogP contribution in [0.15, 0.2) is 60.9 Å². The maximum Gasteiger partial charge on any atom is 0.224 e. The molecule has 1 aromatic heterocycles. The number of carbonyl (C=O) groups excluding carboxylic acids is 1. The van der Waals surface area contributed by atoms with Gasteiger partial charge in [-0.3, -0.25) is 4.79 Å². The van der Waals surface area contributed by atoms with Crippen LogP contribution >= 0.6 is 0 Å². The van der Waals surface area contributed by atoms with Crippen LogP contribution in [0.2, 0.25) is 0 Å². The molecule has 0 fully saturated rings. The summed E-state index contributed by atoms with van der Waals surface area (Å²) in [7, 11) is 0. The summed E-state index contributed by atoms with van der Waals surface area (Å²) in [5.74, 6) is 0.638. The van der Waals surface area contributed by atoms with Crippen molar-refractivity contribution in [2.24, 2.45) is 0 Å². The van der Waals surface area contributed by atoms with Gasteiger partial charge in [-0.25, -0.2) is 9.37 Å². The van der Waals surface area contributed by atoms with Gasteiger partial charge in [0, 0.05) is 31.0 Å². The first-order valence-electron chi connectivity index (χ1n) is 8.25. The highest BCUT2D eigenvalue weighted by Crippen LogP contribution is 2.23. The molecule has 0 atom stereocenters. The minimum atomic E-state index is -0.276. The van der Waals surface area contributed by atoms with E-state index >= 15 is 0 Å². The van der Waals surface area contributed by atoms with Crippen molar-refractivity contribution in [2.75, 3.05) is 5.32 Å². The molecule has 4 nitrogen and oxygen atoms in total. The van der Waals surface area contributed by atoms with Crippen molar-refractivity contribution in [1.82, 2.24) is 9.55 Å². The van der Waals surface area contributed by atoms with E-state index in [0.29, 0.717) is 12.1 Å². The van der Waals surface area contributed by atoms with Crippen molar-refractivity contribution >= 4 is 11.6 Å². The van der Waals surface area contributed by atoms with Gasteiger partial charge in [0.1, 0.15) is 11.6 Å². The predicted molar refractivity (Wildman–Crippen MR) is 96.7 cm³/mol. The Bertz CT molecular complexity index is 873. The maximum atomic E-state index is 13.4. The van der Waals surface area contributed by atoms with Crippen LogP contribution in [-0.2, 0) is 11.3 Å². The number of nitrogens with zero attached hydrogens (tertiary/aromatic N) is 2. The normalized spacial score (nSPS) is 10.6. The summed E-state index contributed by atoms with van der Waals surface area (Å²) in [6.07, 6.45) is 4.84. The third kappa shape index (κ3) is 4.53. The van der Waals surface area contributed by atoms with E-state index in [0.717, 1.165) is 29.9 Å². The Morgan fingerprint density at radius 1 is 1.16 bits per heavy atom. The number of imidazole rings is 1. The van der Waals surface area contributed by atoms with Crippen molar-refractivity contribution in [3.05, 3.63) is 72.6 Å². The summed E-state index contributed by atoms with van der Waals surface area (Å²) in [5, 5.41) is 2.90. The van der Waals surface area contributed by atoms with Gasteiger partial charge in [0.05, 0.1) is 0 Å². The molecule has 0 spiro atoms. The van der Waals surface area contributed by atoms with Crippen LogP contribution in [0, 0.1) is 12.7 Å². The highest BCUT2D eigenvalue weighted by molar-refractivity contribution is 5.91. The number of benzene rings is 2. The lowest BCUT2D eigenvalue weighted by Crippen LogP contribution is -2.12. The van der Waals surface area contributed by atoms with Gasteiger partial charge < -0.3 is 9.88 Å². The zero-order chi connectivity index (χ0) is 17.6. The Kier molecular flexibility index (Phi) is 5.23. The molecule has 2 aromatic carbocycles. The highest BCUT2D eigenvalue weighted by Gasteiger charge is 2.05. The molecule has 3 aromatic rings. The van der Waals surface area contributed by atoms with Crippen LogP contribution in [-0.4, -0.2) is 15.5 Å². The van der Waals surface area contributed by atoms with Gasteiger partial charge in [0.2, 0.25) is 5.91 Å². The molecule has 0 aliphatic heterocycles. The fraction of sp³-hybridized carbons (Fsp3) is 0.200. The van der Waals surface area contributed by atoms with Crippen LogP contribution in [0.3, 0.4) is 0 Å². The van der Waals surface area contributed by atoms with Crippen molar-refractivity contribution in [3.63, 3.8) is 0 Å². The van der Waals surface area contributed by atoms with Crippen molar-refractivity contribution in [1.29, 1.82) is 0 Å².